The highest BCUT2D eigenvalue weighted by Crippen LogP contribution is 2.21. The number of ether oxygens (including phenoxy) is 2. The smallest absolute Gasteiger partial charge is 0.408 e. The quantitative estimate of drug-likeness (QED) is 0.743. The molecule has 0 aromatic heterocycles. The fourth-order valence-corrected chi connectivity index (χ4v) is 1.65. The van der Waals surface area contributed by atoms with Gasteiger partial charge in [-0.05, 0) is 34.1 Å². The molecule has 5 nitrogen and oxygen atoms in total. The van der Waals surface area contributed by atoms with Gasteiger partial charge in [-0.25, -0.2) is 4.79 Å². The van der Waals surface area contributed by atoms with Crippen LogP contribution in [0.3, 0.4) is 0 Å². The van der Waals surface area contributed by atoms with Crippen molar-refractivity contribution in [2.24, 2.45) is 0 Å². The molecule has 1 amide bonds. The van der Waals surface area contributed by atoms with E-state index in [0.29, 0.717) is 12.7 Å². The van der Waals surface area contributed by atoms with Crippen molar-refractivity contribution in [3.05, 3.63) is 0 Å². The van der Waals surface area contributed by atoms with Crippen molar-refractivity contribution in [1.82, 2.24) is 5.32 Å². The summed E-state index contributed by atoms with van der Waals surface area (Å²) in [6.07, 6.45) is 1.59. The molecular weight excluding hydrogens is 234 g/mol. The van der Waals surface area contributed by atoms with Crippen LogP contribution in [0.5, 0.6) is 0 Å². The molecule has 0 aliphatic heterocycles. The maximum absolute atomic E-state index is 11.6. The summed E-state index contributed by atoms with van der Waals surface area (Å²) in [6.45, 7) is 9.09. The van der Waals surface area contributed by atoms with Crippen LogP contribution in [-0.4, -0.2) is 36.7 Å². The highest BCUT2D eigenvalue weighted by molar-refractivity contribution is 5.74. The first-order valence-electron chi connectivity index (χ1n) is 6.18. The van der Waals surface area contributed by atoms with Crippen molar-refractivity contribution in [3.63, 3.8) is 0 Å². The third-order valence-electron chi connectivity index (χ3n) is 2.68. The van der Waals surface area contributed by atoms with E-state index in [1.807, 2.05) is 6.92 Å². The van der Waals surface area contributed by atoms with E-state index in [9.17, 15) is 9.59 Å². The lowest BCUT2D eigenvalue weighted by atomic mass is 9.92. The molecule has 0 heterocycles. The van der Waals surface area contributed by atoms with Crippen LogP contribution in [0.15, 0.2) is 0 Å². The van der Waals surface area contributed by atoms with Gasteiger partial charge in [0.15, 0.2) is 0 Å². The van der Waals surface area contributed by atoms with Crippen LogP contribution in [0.2, 0.25) is 0 Å². The molecule has 0 aliphatic rings. The van der Waals surface area contributed by atoms with Gasteiger partial charge in [-0.1, -0.05) is 13.3 Å². The summed E-state index contributed by atoms with van der Waals surface area (Å²) >= 11 is 0. The Morgan fingerprint density at radius 1 is 1.33 bits per heavy atom. The Morgan fingerprint density at radius 3 is 2.22 bits per heavy atom. The third kappa shape index (κ3) is 5.49. The molecule has 0 saturated heterocycles. The van der Waals surface area contributed by atoms with E-state index in [0.717, 1.165) is 6.42 Å². The maximum atomic E-state index is 11.6. The molecular formula is C13H25NO4. The summed E-state index contributed by atoms with van der Waals surface area (Å²) in [7, 11) is 1.53. The molecule has 2 atom stereocenters. The van der Waals surface area contributed by atoms with Crippen LogP contribution in [0.1, 0.15) is 47.5 Å². The number of hydrogen-bond donors (Lipinski definition) is 1. The Labute approximate surface area is 109 Å². The Kier molecular flexibility index (Phi) is 6.32. The molecule has 0 aliphatic carbocycles. The monoisotopic (exact) mass is 259 g/mol. The standard InChI is InChI=1S/C13H25NO4/c1-7-8-13(5,17-6)10(9-15)14-11(16)18-12(2,3)4/h9-10H,7-8H2,1-6H3,(H,14,16)/t10-,13+/m1/s1. The minimum absolute atomic E-state index is 0.592. The average Bonchev–Trinajstić information content (AvgIpc) is 2.23. The fourth-order valence-electron chi connectivity index (χ4n) is 1.65. The molecule has 0 unspecified atom stereocenters. The average molecular weight is 259 g/mol. The SMILES string of the molecule is CCC[C@](C)(OC)[C@@H](C=O)NC(=O)OC(C)(C)C. The van der Waals surface area contributed by atoms with Gasteiger partial charge < -0.3 is 19.6 Å². The fraction of sp³-hybridized carbons (Fsp3) is 0.846. The molecule has 18 heavy (non-hydrogen) atoms. The molecule has 5 heteroatoms. The number of aldehydes is 1. The normalized spacial score (nSPS) is 16.6. The van der Waals surface area contributed by atoms with Gasteiger partial charge in [0.1, 0.15) is 17.9 Å². The molecule has 0 saturated carbocycles. The Hall–Kier alpha value is -1.10. The third-order valence-corrected chi connectivity index (χ3v) is 2.68. The largest absolute Gasteiger partial charge is 0.444 e. The predicted molar refractivity (Wildman–Crippen MR) is 69.5 cm³/mol. The Bertz CT molecular complexity index is 285. The number of carbonyl (C=O) groups excluding carboxylic acids is 2. The summed E-state index contributed by atoms with van der Waals surface area (Å²) < 4.78 is 10.5. The summed E-state index contributed by atoms with van der Waals surface area (Å²) in [5.41, 5.74) is -1.31. The van der Waals surface area contributed by atoms with Crippen molar-refractivity contribution in [2.75, 3.05) is 7.11 Å². The first-order valence-corrected chi connectivity index (χ1v) is 6.18. The lowest BCUT2D eigenvalue weighted by Gasteiger charge is -2.34. The predicted octanol–water partition coefficient (Wildman–Crippen LogP) is 2.28. The lowest BCUT2D eigenvalue weighted by molar-refractivity contribution is -0.118. The first kappa shape index (κ1) is 16.9. The van der Waals surface area contributed by atoms with Gasteiger partial charge in [0, 0.05) is 7.11 Å². The zero-order chi connectivity index (χ0) is 14.4. The van der Waals surface area contributed by atoms with E-state index in [4.69, 9.17) is 9.47 Å². The van der Waals surface area contributed by atoms with Crippen LogP contribution < -0.4 is 5.32 Å². The van der Waals surface area contributed by atoms with Crippen LogP contribution in [0, 0.1) is 0 Å². The second kappa shape index (κ2) is 6.73. The summed E-state index contributed by atoms with van der Waals surface area (Å²) in [4.78, 5) is 22.8. The Balaban J connectivity index is 4.69. The van der Waals surface area contributed by atoms with Gasteiger partial charge in [0.2, 0.25) is 0 Å². The van der Waals surface area contributed by atoms with Gasteiger partial charge in [0.05, 0.1) is 5.60 Å². The number of methoxy groups -OCH3 is 1. The van der Waals surface area contributed by atoms with Gasteiger partial charge in [-0.2, -0.15) is 0 Å². The van der Waals surface area contributed by atoms with E-state index >= 15 is 0 Å². The molecule has 1 N–H and O–H groups in total. The molecule has 0 rings (SSSR count). The number of nitrogens with one attached hydrogen (secondary N) is 1. The second-order valence-corrected chi connectivity index (χ2v) is 5.53. The maximum Gasteiger partial charge on any atom is 0.408 e. The highest BCUT2D eigenvalue weighted by atomic mass is 16.6. The summed E-state index contributed by atoms with van der Waals surface area (Å²) in [5, 5.41) is 2.55. The van der Waals surface area contributed by atoms with Crippen molar-refractivity contribution in [2.45, 2.75) is 64.7 Å². The van der Waals surface area contributed by atoms with E-state index in [2.05, 4.69) is 5.32 Å². The molecule has 0 bridgehead atoms. The number of alkyl carbamates (subject to hydrolysis) is 1. The lowest BCUT2D eigenvalue weighted by Crippen LogP contribution is -2.54. The van der Waals surface area contributed by atoms with Crippen LogP contribution >= 0.6 is 0 Å². The van der Waals surface area contributed by atoms with E-state index in [1.165, 1.54) is 7.11 Å². The Morgan fingerprint density at radius 2 is 1.89 bits per heavy atom. The van der Waals surface area contributed by atoms with E-state index in [-0.39, 0.29) is 0 Å². The van der Waals surface area contributed by atoms with Crippen molar-refractivity contribution in [3.8, 4) is 0 Å². The zero-order valence-electron chi connectivity index (χ0n) is 12.2. The van der Waals surface area contributed by atoms with Gasteiger partial charge in [-0.15, -0.1) is 0 Å². The van der Waals surface area contributed by atoms with Gasteiger partial charge in [0.25, 0.3) is 0 Å². The number of rotatable bonds is 6. The molecule has 0 spiro atoms. The highest BCUT2D eigenvalue weighted by Gasteiger charge is 2.35. The molecule has 0 fully saturated rings. The summed E-state index contributed by atoms with van der Waals surface area (Å²) in [5.74, 6) is 0. The van der Waals surface area contributed by atoms with Gasteiger partial charge >= 0.3 is 6.09 Å². The van der Waals surface area contributed by atoms with Crippen molar-refractivity contribution < 1.29 is 19.1 Å². The van der Waals surface area contributed by atoms with E-state index < -0.39 is 23.3 Å². The van der Waals surface area contributed by atoms with Crippen molar-refractivity contribution >= 4 is 12.4 Å². The zero-order valence-corrected chi connectivity index (χ0v) is 12.2. The molecule has 106 valence electrons. The number of hydrogen-bond acceptors (Lipinski definition) is 4. The molecule has 0 radical (unpaired) electrons. The first-order chi connectivity index (χ1) is 8.18. The number of amides is 1. The van der Waals surface area contributed by atoms with Crippen LogP contribution in [0.25, 0.3) is 0 Å². The summed E-state index contributed by atoms with van der Waals surface area (Å²) in [6, 6.07) is -0.725. The number of carbonyl (C=O) groups is 2. The minimum atomic E-state index is -0.725. The van der Waals surface area contributed by atoms with Crippen LogP contribution in [0.4, 0.5) is 4.79 Å². The van der Waals surface area contributed by atoms with E-state index in [1.54, 1.807) is 27.7 Å². The van der Waals surface area contributed by atoms with Crippen molar-refractivity contribution in [1.29, 1.82) is 0 Å². The topological polar surface area (TPSA) is 64.6 Å². The van der Waals surface area contributed by atoms with Crippen LogP contribution in [-0.2, 0) is 14.3 Å². The molecule has 0 aromatic carbocycles. The second-order valence-electron chi connectivity index (χ2n) is 5.53. The molecule has 0 aromatic rings. The van der Waals surface area contributed by atoms with Gasteiger partial charge in [-0.3, -0.25) is 0 Å². The minimum Gasteiger partial charge on any atom is -0.444 e.